The number of hydrogen-bond acceptors (Lipinski definition) is 8. The number of ether oxygens (including phenoxy) is 2. The molecule has 0 aromatic heterocycles. The summed E-state index contributed by atoms with van der Waals surface area (Å²) in [5.74, 6) is -0.819. The zero-order valence-corrected chi connectivity index (χ0v) is 46.1. The third-order valence-corrected chi connectivity index (χ3v) is 13.3. The van der Waals surface area contributed by atoms with E-state index in [0.717, 1.165) is 77.0 Å². The molecule has 0 aliphatic heterocycles. The fourth-order valence-corrected chi connectivity index (χ4v) is 8.88. The van der Waals surface area contributed by atoms with Gasteiger partial charge >= 0.3 is 19.8 Å². The van der Waals surface area contributed by atoms with Gasteiger partial charge in [0.05, 0.1) is 13.2 Å². The smallest absolute Gasteiger partial charge is 0.462 e. The zero-order chi connectivity index (χ0) is 51.0. The molecule has 9 nitrogen and oxygen atoms in total. The van der Waals surface area contributed by atoms with Gasteiger partial charge in [0.15, 0.2) is 6.10 Å². The average Bonchev–Trinajstić information content (AvgIpc) is 3.35. The molecule has 0 fully saturated rings. The lowest BCUT2D eigenvalue weighted by Crippen LogP contribution is -2.29. The van der Waals surface area contributed by atoms with E-state index < -0.39 is 26.5 Å². The molecule has 0 amide bonds. The molecule has 0 aliphatic carbocycles. The summed E-state index contributed by atoms with van der Waals surface area (Å²) < 4.78 is 32.9. The summed E-state index contributed by atoms with van der Waals surface area (Å²) in [7, 11) is -4.38. The Kier molecular flexibility index (Phi) is 53.7. The highest BCUT2D eigenvalue weighted by Crippen LogP contribution is 2.43. The molecule has 406 valence electrons. The van der Waals surface area contributed by atoms with Gasteiger partial charge in [0.1, 0.15) is 6.61 Å². The van der Waals surface area contributed by atoms with Crippen LogP contribution < -0.4 is 5.73 Å². The molecule has 0 saturated carbocycles. The lowest BCUT2D eigenvalue weighted by molar-refractivity contribution is -0.161. The Morgan fingerprint density at radius 3 is 1.17 bits per heavy atom. The van der Waals surface area contributed by atoms with E-state index in [4.69, 9.17) is 24.3 Å². The number of hydrogen-bond donors (Lipinski definition) is 2. The normalized spacial score (nSPS) is 13.6. The summed E-state index contributed by atoms with van der Waals surface area (Å²) in [6.07, 6.45) is 71.2. The van der Waals surface area contributed by atoms with Gasteiger partial charge in [0.25, 0.3) is 0 Å². The van der Waals surface area contributed by atoms with Crippen molar-refractivity contribution in [3.63, 3.8) is 0 Å². The van der Waals surface area contributed by atoms with Crippen molar-refractivity contribution < 1.29 is 37.6 Å². The number of rotatable bonds is 54. The molecular weight excluding hydrogens is 894 g/mol. The Balaban J connectivity index is 3.82. The molecule has 0 aromatic rings. The summed E-state index contributed by atoms with van der Waals surface area (Å²) in [6, 6.07) is 0. The number of carbonyl (C=O) groups excluding carboxylic acids is 2. The number of phosphoric acid groups is 1. The molecule has 70 heavy (non-hydrogen) atoms. The van der Waals surface area contributed by atoms with Crippen molar-refractivity contribution in [1.82, 2.24) is 0 Å². The van der Waals surface area contributed by atoms with Crippen molar-refractivity contribution >= 4 is 19.8 Å². The predicted octanol–water partition coefficient (Wildman–Crippen LogP) is 18.1. The Morgan fingerprint density at radius 1 is 0.443 bits per heavy atom. The van der Waals surface area contributed by atoms with Crippen molar-refractivity contribution in [3.05, 3.63) is 72.9 Å². The van der Waals surface area contributed by atoms with E-state index in [0.29, 0.717) is 6.42 Å². The maximum atomic E-state index is 12.7. The lowest BCUT2D eigenvalue weighted by atomic mass is 10.0. The van der Waals surface area contributed by atoms with Crippen LogP contribution in [0.5, 0.6) is 0 Å². The highest BCUT2D eigenvalue weighted by atomic mass is 31.2. The Hall–Kier alpha value is -2.55. The second-order valence-corrected chi connectivity index (χ2v) is 20.6. The molecule has 10 heteroatoms. The highest BCUT2D eigenvalue weighted by molar-refractivity contribution is 7.47. The van der Waals surface area contributed by atoms with E-state index in [2.05, 4.69) is 86.8 Å². The minimum atomic E-state index is -4.38. The van der Waals surface area contributed by atoms with Crippen LogP contribution in [-0.2, 0) is 32.7 Å². The largest absolute Gasteiger partial charge is 0.472 e. The lowest BCUT2D eigenvalue weighted by Gasteiger charge is -2.19. The number of unbranched alkanes of at least 4 members (excludes halogenated alkanes) is 29. The summed E-state index contributed by atoms with van der Waals surface area (Å²) >= 11 is 0. The first-order valence-corrected chi connectivity index (χ1v) is 30.4. The third-order valence-electron chi connectivity index (χ3n) is 12.4. The van der Waals surface area contributed by atoms with E-state index >= 15 is 0 Å². The topological polar surface area (TPSA) is 134 Å². The van der Waals surface area contributed by atoms with Crippen LogP contribution in [0, 0.1) is 0 Å². The van der Waals surface area contributed by atoms with Crippen molar-refractivity contribution in [3.8, 4) is 0 Å². The van der Waals surface area contributed by atoms with E-state index in [9.17, 15) is 19.0 Å². The Labute approximate surface area is 431 Å². The summed E-state index contributed by atoms with van der Waals surface area (Å²) in [5.41, 5.74) is 5.37. The third kappa shape index (κ3) is 54.8. The Bertz CT molecular complexity index is 1370. The summed E-state index contributed by atoms with van der Waals surface area (Å²) in [6.45, 7) is 3.64. The molecule has 2 atom stereocenters. The quantitative estimate of drug-likeness (QED) is 0.0264. The zero-order valence-electron chi connectivity index (χ0n) is 45.2. The van der Waals surface area contributed by atoms with Crippen LogP contribution in [0.1, 0.15) is 264 Å². The molecule has 0 saturated heterocycles. The number of nitrogens with two attached hydrogens (primary N) is 1. The maximum Gasteiger partial charge on any atom is 0.472 e. The monoisotopic (exact) mass is 1000 g/mol. The van der Waals surface area contributed by atoms with Gasteiger partial charge in [-0.3, -0.25) is 18.6 Å². The van der Waals surface area contributed by atoms with Crippen LogP contribution in [0.2, 0.25) is 0 Å². The molecule has 0 radical (unpaired) electrons. The van der Waals surface area contributed by atoms with E-state index in [1.807, 2.05) is 0 Å². The van der Waals surface area contributed by atoms with Gasteiger partial charge in [0.2, 0.25) is 0 Å². The van der Waals surface area contributed by atoms with Gasteiger partial charge in [-0.15, -0.1) is 0 Å². The van der Waals surface area contributed by atoms with E-state index in [1.165, 1.54) is 154 Å². The van der Waals surface area contributed by atoms with Gasteiger partial charge in [-0.2, -0.15) is 0 Å². The van der Waals surface area contributed by atoms with Crippen molar-refractivity contribution in [2.24, 2.45) is 5.73 Å². The predicted molar refractivity (Wildman–Crippen MR) is 298 cm³/mol. The van der Waals surface area contributed by atoms with Crippen molar-refractivity contribution in [2.45, 2.75) is 270 Å². The summed E-state index contributed by atoms with van der Waals surface area (Å²) in [4.78, 5) is 35.0. The van der Waals surface area contributed by atoms with E-state index in [-0.39, 0.29) is 38.6 Å². The number of carbonyl (C=O) groups is 2. The SMILES string of the molecule is CC/C=C\C/C=C\C/C=C\C/C=C\C/C=C\C/C=C\CCCCCCCCCCCCCCCCCCCCC(=O)OC(COC(=O)CCCCCCCCCCCCCC)COP(=O)(O)OCCN. The first kappa shape index (κ1) is 67.5. The van der Waals surface area contributed by atoms with Crippen molar-refractivity contribution in [1.29, 1.82) is 0 Å². The number of esters is 2. The summed E-state index contributed by atoms with van der Waals surface area (Å²) in [5, 5.41) is 0. The van der Waals surface area contributed by atoms with Gasteiger partial charge < -0.3 is 20.1 Å². The number of allylic oxidation sites excluding steroid dienone is 12. The number of phosphoric ester groups is 1. The minimum absolute atomic E-state index is 0.0540. The van der Waals surface area contributed by atoms with Gasteiger partial charge in [0, 0.05) is 19.4 Å². The van der Waals surface area contributed by atoms with Gasteiger partial charge in [-0.25, -0.2) is 4.57 Å². The van der Waals surface area contributed by atoms with Gasteiger partial charge in [-0.05, 0) is 64.2 Å². The van der Waals surface area contributed by atoms with Crippen LogP contribution >= 0.6 is 7.82 Å². The molecule has 0 heterocycles. The van der Waals surface area contributed by atoms with Crippen LogP contribution in [0.15, 0.2) is 72.9 Å². The second kappa shape index (κ2) is 55.8. The molecule has 0 aromatic carbocycles. The highest BCUT2D eigenvalue weighted by Gasteiger charge is 2.26. The van der Waals surface area contributed by atoms with Crippen LogP contribution in [0.4, 0.5) is 0 Å². The molecule has 0 rings (SSSR count). The first-order valence-electron chi connectivity index (χ1n) is 28.9. The molecule has 0 aliphatic rings. The van der Waals surface area contributed by atoms with Gasteiger partial charge in [-0.1, -0.05) is 260 Å². The average molecular weight is 1000 g/mol. The fourth-order valence-electron chi connectivity index (χ4n) is 8.11. The molecule has 0 bridgehead atoms. The fraction of sp³-hybridized carbons (Fsp3) is 0.767. The first-order chi connectivity index (χ1) is 34.3. The van der Waals surface area contributed by atoms with Crippen molar-refractivity contribution in [2.75, 3.05) is 26.4 Å². The molecule has 0 spiro atoms. The molecule has 3 N–H and O–H groups in total. The second-order valence-electron chi connectivity index (χ2n) is 19.1. The minimum Gasteiger partial charge on any atom is -0.462 e. The maximum absolute atomic E-state index is 12.7. The Morgan fingerprint density at radius 2 is 0.786 bits per heavy atom. The molecular formula is C60H108NO8P. The van der Waals surface area contributed by atoms with Crippen LogP contribution in [0.25, 0.3) is 0 Å². The van der Waals surface area contributed by atoms with Crippen LogP contribution in [0.3, 0.4) is 0 Å². The van der Waals surface area contributed by atoms with E-state index in [1.54, 1.807) is 0 Å². The molecule has 2 unspecified atom stereocenters. The van der Waals surface area contributed by atoms with Crippen LogP contribution in [-0.4, -0.2) is 49.3 Å². The standard InChI is InChI=1S/C60H108NO8P/c1-3-5-7-9-11-13-15-17-18-19-20-21-22-23-24-25-26-27-28-29-30-31-32-33-34-35-36-37-38-39-40-41-43-45-47-49-51-53-60(63)69-58(57-68-70(64,65)67-55-54-61)56-66-59(62)52-50-48-46-44-42-16-14-12-10-8-6-4-2/h5,7,11,13,17-18,20-21,23-24,26-27,58H,3-4,6,8-10,12,14-16,19,22,25,28-57,61H2,1-2H3,(H,64,65)/b7-5-,13-11-,18-17-,21-20-,24-23-,27-26-.